The summed E-state index contributed by atoms with van der Waals surface area (Å²) in [4.78, 5) is 0. The van der Waals surface area contributed by atoms with Crippen molar-refractivity contribution in [1.29, 1.82) is 0 Å². The van der Waals surface area contributed by atoms with E-state index < -0.39 is 0 Å². The third kappa shape index (κ3) is 3.97. The molecule has 2 rings (SSSR count). The van der Waals surface area contributed by atoms with Gasteiger partial charge in [0.1, 0.15) is 11.5 Å². The van der Waals surface area contributed by atoms with Crippen molar-refractivity contribution in [2.75, 3.05) is 6.61 Å². The molecule has 2 nitrogen and oxygen atoms in total. The lowest BCUT2D eigenvalue weighted by molar-refractivity contribution is 0.317. The van der Waals surface area contributed by atoms with Crippen LogP contribution in [0.15, 0.2) is 42.5 Å². The Morgan fingerprint density at radius 2 is 1.75 bits per heavy atom. The first-order chi connectivity index (χ1) is 9.72. The summed E-state index contributed by atoms with van der Waals surface area (Å²) in [6.45, 7) is 2.74. The minimum Gasteiger partial charge on any atom is -0.494 e. The lowest BCUT2D eigenvalue weighted by atomic mass is 10.2. The summed E-state index contributed by atoms with van der Waals surface area (Å²) in [6, 6.07) is 12.1. The van der Waals surface area contributed by atoms with Crippen LogP contribution in [0.1, 0.15) is 18.9 Å². The van der Waals surface area contributed by atoms with Crippen molar-refractivity contribution in [2.24, 2.45) is 0 Å². The Morgan fingerprint density at radius 1 is 1.05 bits per heavy atom. The molecule has 0 N–H and O–H groups in total. The van der Waals surface area contributed by atoms with Gasteiger partial charge in [-0.25, -0.2) is 4.39 Å². The number of hydrogen-bond acceptors (Lipinski definition) is 2. The number of alkyl halides is 1. The van der Waals surface area contributed by atoms with Crippen LogP contribution in [0.2, 0.25) is 0 Å². The highest BCUT2D eigenvalue weighted by molar-refractivity contribution is 9.08. The quantitative estimate of drug-likeness (QED) is 0.665. The molecule has 0 radical (unpaired) electrons. The second kappa shape index (κ2) is 7.29. The van der Waals surface area contributed by atoms with E-state index in [9.17, 15) is 4.39 Å². The fraction of sp³-hybridized carbons (Fsp3) is 0.250. The molecular formula is C16H16BrFO2. The van der Waals surface area contributed by atoms with Crippen LogP contribution in [0.25, 0.3) is 0 Å². The molecule has 0 saturated carbocycles. The number of rotatable bonds is 6. The van der Waals surface area contributed by atoms with Gasteiger partial charge in [-0.05, 0) is 48.4 Å². The molecule has 0 amide bonds. The SMILES string of the molecule is CCCOc1ccc(Oc2ccc(CBr)cc2F)cc1. The van der Waals surface area contributed by atoms with Crippen molar-refractivity contribution >= 4 is 15.9 Å². The Bertz CT molecular complexity index is 555. The van der Waals surface area contributed by atoms with Crippen molar-refractivity contribution in [1.82, 2.24) is 0 Å². The first kappa shape index (κ1) is 14.9. The van der Waals surface area contributed by atoms with Gasteiger partial charge in [0, 0.05) is 5.33 Å². The predicted octanol–water partition coefficient (Wildman–Crippen LogP) is 5.30. The van der Waals surface area contributed by atoms with Crippen molar-refractivity contribution in [3.63, 3.8) is 0 Å². The lowest BCUT2D eigenvalue weighted by Crippen LogP contribution is -1.95. The minimum atomic E-state index is -0.367. The fourth-order valence-electron chi connectivity index (χ4n) is 1.66. The first-order valence-corrected chi connectivity index (χ1v) is 7.60. The van der Waals surface area contributed by atoms with Crippen LogP contribution in [0.3, 0.4) is 0 Å². The zero-order chi connectivity index (χ0) is 14.4. The van der Waals surface area contributed by atoms with Gasteiger partial charge in [0.15, 0.2) is 11.6 Å². The molecule has 0 bridgehead atoms. The van der Waals surface area contributed by atoms with E-state index >= 15 is 0 Å². The minimum absolute atomic E-state index is 0.219. The monoisotopic (exact) mass is 338 g/mol. The van der Waals surface area contributed by atoms with Gasteiger partial charge in [-0.15, -0.1) is 0 Å². The highest BCUT2D eigenvalue weighted by Crippen LogP contribution is 2.27. The molecule has 0 atom stereocenters. The van der Waals surface area contributed by atoms with Crippen LogP contribution < -0.4 is 9.47 Å². The van der Waals surface area contributed by atoms with Crippen molar-refractivity contribution in [3.8, 4) is 17.2 Å². The average molecular weight is 339 g/mol. The van der Waals surface area contributed by atoms with Gasteiger partial charge in [-0.1, -0.05) is 28.9 Å². The average Bonchev–Trinajstić information content (AvgIpc) is 2.48. The molecule has 0 heterocycles. The predicted molar refractivity (Wildman–Crippen MR) is 81.3 cm³/mol. The van der Waals surface area contributed by atoms with Gasteiger partial charge < -0.3 is 9.47 Å². The zero-order valence-electron chi connectivity index (χ0n) is 11.2. The summed E-state index contributed by atoms with van der Waals surface area (Å²) < 4.78 is 24.8. The van der Waals surface area contributed by atoms with Gasteiger partial charge in [0.2, 0.25) is 0 Å². The van der Waals surface area contributed by atoms with E-state index in [0.717, 1.165) is 17.7 Å². The second-order valence-electron chi connectivity index (χ2n) is 4.32. The molecule has 0 spiro atoms. The smallest absolute Gasteiger partial charge is 0.166 e. The van der Waals surface area contributed by atoms with E-state index in [1.54, 1.807) is 18.2 Å². The Labute approximate surface area is 126 Å². The molecule has 4 heteroatoms. The number of benzene rings is 2. The normalized spacial score (nSPS) is 10.3. The Kier molecular flexibility index (Phi) is 5.41. The third-order valence-corrected chi connectivity index (χ3v) is 3.32. The molecule has 106 valence electrons. The summed E-state index contributed by atoms with van der Waals surface area (Å²) in [7, 11) is 0. The van der Waals surface area contributed by atoms with Gasteiger partial charge in [-0.2, -0.15) is 0 Å². The van der Waals surface area contributed by atoms with Crippen molar-refractivity contribution in [3.05, 3.63) is 53.8 Å². The summed E-state index contributed by atoms with van der Waals surface area (Å²) in [5, 5.41) is 0.619. The van der Waals surface area contributed by atoms with Gasteiger partial charge >= 0.3 is 0 Å². The zero-order valence-corrected chi connectivity index (χ0v) is 12.8. The van der Waals surface area contributed by atoms with E-state index in [2.05, 4.69) is 22.9 Å². The van der Waals surface area contributed by atoms with Crippen LogP contribution in [-0.4, -0.2) is 6.61 Å². The fourth-order valence-corrected chi connectivity index (χ4v) is 2.01. The molecule has 0 aliphatic rings. The molecule has 0 fully saturated rings. The second-order valence-corrected chi connectivity index (χ2v) is 4.88. The lowest BCUT2D eigenvalue weighted by Gasteiger charge is -2.09. The summed E-state index contributed by atoms with van der Waals surface area (Å²) >= 11 is 3.29. The number of halogens is 2. The van der Waals surface area contributed by atoms with E-state index in [4.69, 9.17) is 9.47 Å². The van der Waals surface area contributed by atoms with E-state index in [0.29, 0.717) is 17.7 Å². The van der Waals surface area contributed by atoms with Crippen LogP contribution in [0, 0.1) is 5.82 Å². The molecule has 0 saturated heterocycles. The van der Waals surface area contributed by atoms with Crippen LogP contribution >= 0.6 is 15.9 Å². The maximum atomic E-state index is 13.8. The Balaban J connectivity index is 2.06. The third-order valence-electron chi connectivity index (χ3n) is 2.67. The molecule has 0 aliphatic carbocycles. The molecule has 0 unspecified atom stereocenters. The maximum absolute atomic E-state index is 13.8. The van der Waals surface area contributed by atoms with E-state index in [1.807, 2.05) is 18.2 Å². The van der Waals surface area contributed by atoms with Crippen LogP contribution in [0.5, 0.6) is 17.2 Å². The summed E-state index contributed by atoms with van der Waals surface area (Å²) in [6.07, 6.45) is 0.962. The van der Waals surface area contributed by atoms with E-state index in [1.165, 1.54) is 6.07 Å². The van der Waals surface area contributed by atoms with Gasteiger partial charge in [-0.3, -0.25) is 0 Å². The van der Waals surface area contributed by atoms with Crippen LogP contribution in [0.4, 0.5) is 4.39 Å². The Morgan fingerprint density at radius 3 is 2.35 bits per heavy atom. The Hall–Kier alpha value is -1.55. The van der Waals surface area contributed by atoms with Gasteiger partial charge in [0.25, 0.3) is 0 Å². The van der Waals surface area contributed by atoms with E-state index in [-0.39, 0.29) is 11.6 Å². The molecule has 0 aliphatic heterocycles. The van der Waals surface area contributed by atoms with Crippen LogP contribution in [-0.2, 0) is 5.33 Å². The standard InChI is InChI=1S/C16H16BrFO2/c1-2-9-19-13-4-6-14(7-5-13)20-16-8-3-12(11-17)10-15(16)18/h3-8,10H,2,9,11H2,1H3. The summed E-state index contributed by atoms with van der Waals surface area (Å²) in [5.74, 6) is 1.22. The first-order valence-electron chi connectivity index (χ1n) is 6.48. The summed E-state index contributed by atoms with van der Waals surface area (Å²) in [5.41, 5.74) is 0.873. The maximum Gasteiger partial charge on any atom is 0.166 e. The molecule has 2 aromatic carbocycles. The molecular weight excluding hydrogens is 323 g/mol. The van der Waals surface area contributed by atoms with Crippen molar-refractivity contribution in [2.45, 2.75) is 18.7 Å². The molecule has 2 aromatic rings. The molecule has 0 aromatic heterocycles. The van der Waals surface area contributed by atoms with Crippen molar-refractivity contribution < 1.29 is 13.9 Å². The number of hydrogen-bond donors (Lipinski definition) is 0. The van der Waals surface area contributed by atoms with Gasteiger partial charge in [0.05, 0.1) is 6.61 Å². The highest BCUT2D eigenvalue weighted by Gasteiger charge is 2.06. The highest BCUT2D eigenvalue weighted by atomic mass is 79.9. The topological polar surface area (TPSA) is 18.5 Å². The molecule has 20 heavy (non-hydrogen) atoms. The largest absolute Gasteiger partial charge is 0.494 e. The number of ether oxygens (including phenoxy) is 2.